The number of anilines is 1. The van der Waals surface area contributed by atoms with Crippen LogP contribution in [0.2, 0.25) is 0 Å². The first-order valence-electron chi connectivity index (χ1n) is 8.95. The standard InChI is InChI=1S/C19H22N4O3S/c1-12-9-18(23(22-12)14-7-8-27(25,26)11-14)21-19(24)10-16-13(2)20-17-6-4-3-5-15(16)17/h3-6,9,14,20H,7-8,10-11H2,1-2H3,(H,21,24). The average molecular weight is 386 g/mol. The highest BCUT2D eigenvalue weighted by Crippen LogP contribution is 2.28. The van der Waals surface area contributed by atoms with Gasteiger partial charge in [0.05, 0.1) is 29.7 Å². The zero-order valence-corrected chi connectivity index (χ0v) is 16.1. The number of aromatic nitrogens is 3. The molecule has 1 aromatic carbocycles. The number of amides is 1. The fourth-order valence-corrected chi connectivity index (χ4v) is 5.46. The van der Waals surface area contributed by atoms with Gasteiger partial charge in [-0.1, -0.05) is 18.2 Å². The minimum absolute atomic E-state index is 0.0680. The van der Waals surface area contributed by atoms with Crippen LogP contribution in [0.1, 0.15) is 29.4 Å². The lowest BCUT2D eigenvalue weighted by Crippen LogP contribution is -2.20. The van der Waals surface area contributed by atoms with Gasteiger partial charge < -0.3 is 10.3 Å². The fraction of sp³-hybridized carbons (Fsp3) is 0.368. The lowest BCUT2D eigenvalue weighted by Gasteiger charge is -2.14. The van der Waals surface area contributed by atoms with E-state index in [-0.39, 0.29) is 29.9 Å². The van der Waals surface area contributed by atoms with Gasteiger partial charge in [0.2, 0.25) is 5.91 Å². The van der Waals surface area contributed by atoms with E-state index >= 15 is 0 Å². The number of carbonyl (C=O) groups excluding carboxylic acids is 1. The van der Waals surface area contributed by atoms with Crippen LogP contribution in [0.5, 0.6) is 0 Å². The summed E-state index contributed by atoms with van der Waals surface area (Å²) >= 11 is 0. The van der Waals surface area contributed by atoms with Crippen molar-refractivity contribution in [1.82, 2.24) is 14.8 Å². The summed E-state index contributed by atoms with van der Waals surface area (Å²) in [5.74, 6) is 0.638. The molecule has 7 nitrogen and oxygen atoms in total. The number of carbonyl (C=O) groups is 1. The van der Waals surface area contributed by atoms with Gasteiger partial charge in [0, 0.05) is 22.7 Å². The molecule has 2 N–H and O–H groups in total. The topological polar surface area (TPSA) is 96.9 Å². The van der Waals surface area contributed by atoms with Crippen molar-refractivity contribution >= 4 is 32.5 Å². The van der Waals surface area contributed by atoms with Gasteiger partial charge in [-0.05, 0) is 31.9 Å². The zero-order chi connectivity index (χ0) is 19.2. The highest BCUT2D eigenvalue weighted by atomic mass is 32.2. The largest absolute Gasteiger partial charge is 0.358 e. The molecule has 1 saturated heterocycles. The third kappa shape index (κ3) is 3.49. The summed E-state index contributed by atoms with van der Waals surface area (Å²) in [6.07, 6.45) is 0.761. The molecule has 0 saturated carbocycles. The molecule has 1 fully saturated rings. The van der Waals surface area contributed by atoms with Crippen LogP contribution < -0.4 is 5.32 Å². The maximum atomic E-state index is 12.7. The van der Waals surface area contributed by atoms with Gasteiger partial charge in [-0.15, -0.1) is 0 Å². The van der Waals surface area contributed by atoms with Crippen LogP contribution >= 0.6 is 0 Å². The van der Waals surface area contributed by atoms with Crippen molar-refractivity contribution in [3.05, 3.63) is 47.3 Å². The summed E-state index contributed by atoms with van der Waals surface area (Å²) in [6.45, 7) is 3.79. The maximum Gasteiger partial charge on any atom is 0.230 e. The molecule has 0 radical (unpaired) electrons. The highest BCUT2D eigenvalue weighted by Gasteiger charge is 2.31. The van der Waals surface area contributed by atoms with Crippen molar-refractivity contribution in [3.8, 4) is 0 Å². The fourth-order valence-electron chi connectivity index (χ4n) is 3.77. The lowest BCUT2D eigenvalue weighted by atomic mass is 10.1. The van der Waals surface area contributed by atoms with Crippen LogP contribution in [0.25, 0.3) is 10.9 Å². The predicted octanol–water partition coefficient (Wildman–Crippen LogP) is 2.52. The highest BCUT2D eigenvalue weighted by molar-refractivity contribution is 7.91. The van der Waals surface area contributed by atoms with Crippen LogP contribution in [0.3, 0.4) is 0 Å². The Balaban J connectivity index is 1.56. The maximum absolute atomic E-state index is 12.7. The summed E-state index contributed by atoms with van der Waals surface area (Å²) in [6, 6.07) is 9.45. The van der Waals surface area contributed by atoms with Crippen molar-refractivity contribution in [2.75, 3.05) is 16.8 Å². The molecule has 1 amide bonds. The van der Waals surface area contributed by atoms with Crippen molar-refractivity contribution in [2.24, 2.45) is 0 Å². The number of H-pyrrole nitrogens is 1. The zero-order valence-electron chi connectivity index (χ0n) is 15.3. The number of fused-ring (bicyclic) bond motifs is 1. The Bertz CT molecular complexity index is 1130. The third-order valence-electron chi connectivity index (χ3n) is 5.04. The summed E-state index contributed by atoms with van der Waals surface area (Å²) < 4.78 is 25.2. The number of hydrogen-bond donors (Lipinski definition) is 2. The molecule has 27 heavy (non-hydrogen) atoms. The quantitative estimate of drug-likeness (QED) is 0.720. The molecular formula is C19H22N4O3S. The van der Waals surface area contributed by atoms with Gasteiger partial charge in [0.25, 0.3) is 0 Å². The van der Waals surface area contributed by atoms with Crippen molar-refractivity contribution in [2.45, 2.75) is 32.7 Å². The number of benzene rings is 1. The monoisotopic (exact) mass is 386 g/mol. The Morgan fingerprint density at radius 3 is 2.85 bits per heavy atom. The molecular weight excluding hydrogens is 364 g/mol. The Morgan fingerprint density at radius 2 is 2.11 bits per heavy atom. The Morgan fingerprint density at radius 1 is 1.33 bits per heavy atom. The normalized spacial score (nSPS) is 18.8. The first-order valence-corrected chi connectivity index (χ1v) is 10.8. The van der Waals surface area contributed by atoms with Gasteiger partial charge >= 0.3 is 0 Å². The Hall–Kier alpha value is -2.61. The smallest absolute Gasteiger partial charge is 0.230 e. The van der Waals surface area contributed by atoms with Gasteiger partial charge in [-0.25, -0.2) is 13.1 Å². The minimum Gasteiger partial charge on any atom is -0.358 e. The van der Waals surface area contributed by atoms with Crippen LogP contribution in [0.4, 0.5) is 5.82 Å². The molecule has 2 aromatic heterocycles. The molecule has 0 bridgehead atoms. The van der Waals surface area contributed by atoms with E-state index in [0.717, 1.165) is 27.9 Å². The molecule has 142 valence electrons. The number of rotatable bonds is 4. The van der Waals surface area contributed by atoms with Gasteiger partial charge in [-0.3, -0.25) is 4.79 Å². The van der Waals surface area contributed by atoms with E-state index in [9.17, 15) is 13.2 Å². The second-order valence-corrected chi connectivity index (χ2v) is 9.40. The van der Waals surface area contributed by atoms with E-state index in [1.54, 1.807) is 10.7 Å². The summed E-state index contributed by atoms with van der Waals surface area (Å²) in [5, 5.41) is 8.36. The summed E-state index contributed by atoms with van der Waals surface area (Å²) in [4.78, 5) is 16.0. The van der Waals surface area contributed by atoms with Crippen LogP contribution in [0, 0.1) is 13.8 Å². The molecule has 4 rings (SSSR count). The van der Waals surface area contributed by atoms with Crippen molar-refractivity contribution in [1.29, 1.82) is 0 Å². The average Bonchev–Trinajstić information content (AvgIpc) is 3.24. The minimum atomic E-state index is -3.03. The molecule has 1 atom stereocenters. The Kier molecular flexibility index (Phi) is 4.30. The first kappa shape index (κ1) is 17.8. The number of sulfone groups is 1. The number of nitrogens with one attached hydrogen (secondary N) is 2. The molecule has 0 aliphatic carbocycles. The number of hydrogen-bond acceptors (Lipinski definition) is 4. The number of aromatic amines is 1. The van der Waals surface area contributed by atoms with Gasteiger partial charge in [-0.2, -0.15) is 5.10 Å². The van der Waals surface area contributed by atoms with Crippen LogP contribution in [-0.4, -0.2) is 40.6 Å². The first-order chi connectivity index (χ1) is 12.8. The van der Waals surface area contributed by atoms with Crippen LogP contribution in [-0.2, 0) is 21.1 Å². The molecule has 8 heteroatoms. The second kappa shape index (κ2) is 6.53. The van der Waals surface area contributed by atoms with E-state index in [1.807, 2.05) is 38.1 Å². The van der Waals surface area contributed by atoms with Gasteiger partial charge in [0.15, 0.2) is 9.84 Å². The van der Waals surface area contributed by atoms with E-state index in [2.05, 4.69) is 15.4 Å². The molecule has 3 aromatic rings. The van der Waals surface area contributed by atoms with E-state index in [1.165, 1.54) is 0 Å². The molecule has 3 heterocycles. The third-order valence-corrected chi connectivity index (χ3v) is 6.79. The Labute approximate surface area is 157 Å². The summed E-state index contributed by atoms with van der Waals surface area (Å²) in [5.41, 5.74) is 3.69. The van der Waals surface area contributed by atoms with Crippen molar-refractivity contribution < 1.29 is 13.2 Å². The number of aryl methyl sites for hydroxylation is 2. The molecule has 0 spiro atoms. The lowest BCUT2D eigenvalue weighted by molar-refractivity contribution is -0.115. The number of nitrogens with zero attached hydrogens (tertiary/aromatic N) is 2. The summed E-state index contributed by atoms with van der Waals surface area (Å²) in [7, 11) is -3.03. The molecule has 1 aliphatic heterocycles. The van der Waals surface area contributed by atoms with Crippen molar-refractivity contribution in [3.63, 3.8) is 0 Å². The number of para-hydroxylation sites is 1. The van der Waals surface area contributed by atoms with E-state index in [4.69, 9.17) is 0 Å². The van der Waals surface area contributed by atoms with Crippen LogP contribution in [0.15, 0.2) is 30.3 Å². The molecule has 1 aliphatic rings. The SMILES string of the molecule is Cc1cc(NC(=O)Cc2c(C)[nH]c3ccccc23)n(C2CCS(=O)(=O)C2)n1. The second-order valence-electron chi connectivity index (χ2n) is 7.17. The van der Waals surface area contributed by atoms with E-state index < -0.39 is 9.84 Å². The molecule has 1 unspecified atom stereocenters. The predicted molar refractivity (Wildman–Crippen MR) is 105 cm³/mol. The van der Waals surface area contributed by atoms with Gasteiger partial charge in [0.1, 0.15) is 5.82 Å². The van der Waals surface area contributed by atoms with E-state index in [0.29, 0.717) is 12.2 Å².